The molecule has 0 aliphatic carbocycles. The number of rotatable bonds is 5. The summed E-state index contributed by atoms with van der Waals surface area (Å²) in [6.07, 6.45) is 0.850. The molecule has 0 saturated carbocycles. The summed E-state index contributed by atoms with van der Waals surface area (Å²) in [4.78, 5) is 17.4. The Balaban J connectivity index is 1.77. The Morgan fingerprint density at radius 3 is 2.64 bits per heavy atom. The number of esters is 1. The highest BCUT2D eigenvalue weighted by atomic mass is 35.5. The monoisotopic (exact) mass is 434 g/mol. The van der Waals surface area contributed by atoms with Crippen LogP contribution in [0.3, 0.4) is 0 Å². The van der Waals surface area contributed by atoms with Crippen molar-refractivity contribution in [3.05, 3.63) is 34.6 Å². The predicted molar refractivity (Wildman–Crippen MR) is 102 cm³/mol. The number of hydrogen-bond acceptors (Lipinski definition) is 6. The van der Waals surface area contributed by atoms with Gasteiger partial charge in [0.15, 0.2) is 0 Å². The van der Waals surface area contributed by atoms with Crippen molar-refractivity contribution in [2.75, 3.05) is 33.4 Å². The topological polar surface area (TPSA) is 76.1 Å². The third-order valence-corrected chi connectivity index (χ3v) is 7.82. The van der Waals surface area contributed by atoms with E-state index >= 15 is 0 Å². The van der Waals surface area contributed by atoms with Gasteiger partial charge in [-0.25, -0.2) is 17.1 Å². The number of sulfonamides is 1. The summed E-state index contributed by atoms with van der Waals surface area (Å²) < 4.78 is 46.5. The highest BCUT2D eigenvalue weighted by Crippen LogP contribution is 2.37. The van der Waals surface area contributed by atoms with Crippen molar-refractivity contribution in [2.45, 2.75) is 31.1 Å². The van der Waals surface area contributed by atoms with Crippen molar-refractivity contribution in [3.63, 3.8) is 0 Å². The number of hydroxylamine groups is 2. The first-order valence-corrected chi connectivity index (χ1v) is 11.1. The van der Waals surface area contributed by atoms with Gasteiger partial charge in [-0.1, -0.05) is 17.7 Å². The lowest BCUT2D eigenvalue weighted by Crippen LogP contribution is -2.46. The zero-order valence-corrected chi connectivity index (χ0v) is 17.4. The molecule has 2 heterocycles. The summed E-state index contributed by atoms with van der Waals surface area (Å²) >= 11 is 5.88. The lowest BCUT2D eigenvalue weighted by Gasteiger charge is -2.33. The van der Waals surface area contributed by atoms with Crippen LogP contribution in [-0.4, -0.2) is 62.4 Å². The minimum absolute atomic E-state index is 0.00367. The van der Waals surface area contributed by atoms with Crippen LogP contribution in [0.25, 0.3) is 0 Å². The fourth-order valence-corrected chi connectivity index (χ4v) is 5.94. The molecule has 0 spiro atoms. The first kappa shape index (κ1) is 21.4. The van der Waals surface area contributed by atoms with Crippen LogP contribution in [0.1, 0.15) is 31.4 Å². The molecule has 0 aromatic heterocycles. The van der Waals surface area contributed by atoms with Crippen LogP contribution in [0.2, 0.25) is 5.02 Å². The Morgan fingerprint density at radius 2 is 2.04 bits per heavy atom. The van der Waals surface area contributed by atoms with Crippen molar-refractivity contribution in [1.29, 1.82) is 0 Å². The smallest absolute Gasteiger partial charge is 0.309 e. The van der Waals surface area contributed by atoms with E-state index in [4.69, 9.17) is 21.2 Å². The van der Waals surface area contributed by atoms with Gasteiger partial charge in [0.1, 0.15) is 11.1 Å². The van der Waals surface area contributed by atoms with Gasteiger partial charge in [0, 0.05) is 20.1 Å². The number of piperidine rings is 1. The largest absolute Gasteiger partial charge is 0.466 e. The van der Waals surface area contributed by atoms with Gasteiger partial charge in [-0.05, 0) is 37.5 Å². The quantitative estimate of drug-likeness (QED) is 0.662. The van der Waals surface area contributed by atoms with Crippen LogP contribution >= 0.6 is 11.6 Å². The Hall–Kier alpha value is -1.26. The molecular formula is C18H24ClFN2O5S. The second-order valence-corrected chi connectivity index (χ2v) is 9.53. The maximum absolute atomic E-state index is 13.5. The molecule has 7 nitrogen and oxygen atoms in total. The van der Waals surface area contributed by atoms with Crippen molar-refractivity contribution >= 4 is 27.6 Å². The lowest BCUT2D eigenvalue weighted by molar-refractivity contribution is -0.149. The van der Waals surface area contributed by atoms with Crippen molar-refractivity contribution in [3.8, 4) is 0 Å². The second kappa shape index (κ2) is 8.62. The molecule has 2 atom stereocenters. The standard InChI is InChI=1S/C18H24ClFN2O5S/c1-3-26-18(23)12-6-8-22(9-7-12)28(24,25)16-11-27-21(2)17(16)13-4-5-15(20)14(19)10-13/h4-5,10,12,16-17H,3,6-9,11H2,1-2H3/t16-,17+/m1/s1. The number of halogens is 2. The van der Waals surface area contributed by atoms with Gasteiger partial charge in [-0.15, -0.1) is 0 Å². The molecule has 2 aliphatic rings. The number of carbonyl (C=O) groups is 1. The molecule has 0 radical (unpaired) electrons. The maximum Gasteiger partial charge on any atom is 0.309 e. The van der Waals surface area contributed by atoms with Crippen LogP contribution in [0, 0.1) is 11.7 Å². The average molecular weight is 435 g/mol. The zero-order chi connectivity index (χ0) is 20.5. The minimum Gasteiger partial charge on any atom is -0.466 e. The Morgan fingerprint density at radius 1 is 1.36 bits per heavy atom. The van der Waals surface area contributed by atoms with Crippen LogP contribution in [-0.2, 0) is 24.4 Å². The molecule has 2 saturated heterocycles. The predicted octanol–water partition coefficient (Wildman–Crippen LogP) is 2.37. The van der Waals surface area contributed by atoms with Crippen molar-refractivity contribution < 1.29 is 27.2 Å². The first-order chi connectivity index (χ1) is 13.3. The first-order valence-electron chi connectivity index (χ1n) is 9.22. The number of benzene rings is 1. The Labute approximate surface area is 169 Å². The molecule has 0 N–H and O–H groups in total. The van der Waals surface area contributed by atoms with E-state index in [1.807, 2.05) is 0 Å². The van der Waals surface area contributed by atoms with E-state index in [1.54, 1.807) is 14.0 Å². The number of carbonyl (C=O) groups excluding carboxylic acids is 1. The molecule has 10 heteroatoms. The summed E-state index contributed by atoms with van der Waals surface area (Å²) in [5.41, 5.74) is 0.571. The molecule has 2 aliphatic heterocycles. The van der Waals surface area contributed by atoms with Crippen molar-refractivity contribution in [2.24, 2.45) is 5.92 Å². The summed E-state index contributed by atoms with van der Waals surface area (Å²) in [5, 5.41) is 0.555. The molecule has 0 bridgehead atoms. The van der Waals surface area contributed by atoms with Gasteiger partial charge in [0.05, 0.1) is 30.2 Å². The lowest BCUT2D eigenvalue weighted by atomic mass is 9.98. The molecule has 28 heavy (non-hydrogen) atoms. The van der Waals surface area contributed by atoms with Crippen LogP contribution in [0.15, 0.2) is 18.2 Å². The summed E-state index contributed by atoms with van der Waals surface area (Å²) in [6, 6.07) is 3.57. The highest BCUT2D eigenvalue weighted by Gasteiger charge is 2.46. The van der Waals surface area contributed by atoms with Gasteiger partial charge < -0.3 is 4.74 Å². The summed E-state index contributed by atoms with van der Waals surface area (Å²) in [7, 11) is -2.06. The minimum atomic E-state index is -3.70. The summed E-state index contributed by atoms with van der Waals surface area (Å²) in [6.45, 7) is 2.56. The number of hydrogen-bond donors (Lipinski definition) is 0. The SMILES string of the molecule is CCOC(=O)C1CCN(S(=O)(=O)[C@@H]2CON(C)[C@H]2c2ccc(F)c(Cl)c2)CC1. The molecule has 0 unspecified atom stereocenters. The van der Waals surface area contributed by atoms with Crippen molar-refractivity contribution in [1.82, 2.24) is 9.37 Å². The van der Waals surface area contributed by atoms with E-state index in [9.17, 15) is 17.6 Å². The zero-order valence-electron chi connectivity index (χ0n) is 15.8. The molecule has 3 rings (SSSR count). The fraction of sp³-hybridized carbons (Fsp3) is 0.611. The van der Waals surface area contributed by atoms with E-state index in [0.29, 0.717) is 25.0 Å². The van der Waals surface area contributed by atoms with Gasteiger partial charge in [0.2, 0.25) is 10.0 Å². The molecule has 1 aromatic carbocycles. The van der Waals surface area contributed by atoms with E-state index in [1.165, 1.54) is 27.6 Å². The van der Waals surface area contributed by atoms with Gasteiger partial charge in [-0.2, -0.15) is 5.06 Å². The molecule has 2 fully saturated rings. The van der Waals surface area contributed by atoms with Crippen LogP contribution < -0.4 is 0 Å². The molecule has 156 valence electrons. The van der Waals surface area contributed by atoms with Gasteiger partial charge in [-0.3, -0.25) is 9.63 Å². The fourth-order valence-electron chi connectivity index (χ4n) is 3.76. The molecular weight excluding hydrogens is 411 g/mol. The van der Waals surface area contributed by atoms with E-state index in [2.05, 4.69) is 0 Å². The number of ether oxygens (including phenoxy) is 1. The van der Waals surface area contributed by atoms with Crippen LogP contribution in [0.5, 0.6) is 0 Å². The third kappa shape index (κ3) is 4.18. The Kier molecular flexibility index (Phi) is 6.61. The molecule has 0 amide bonds. The van der Waals surface area contributed by atoms with E-state index < -0.39 is 27.1 Å². The van der Waals surface area contributed by atoms with Gasteiger partial charge in [0.25, 0.3) is 0 Å². The molecule has 1 aromatic rings. The van der Waals surface area contributed by atoms with E-state index in [0.717, 1.165) is 0 Å². The van der Waals surface area contributed by atoms with E-state index in [-0.39, 0.29) is 36.6 Å². The highest BCUT2D eigenvalue weighted by molar-refractivity contribution is 7.89. The third-order valence-electron chi connectivity index (χ3n) is 5.29. The Bertz CT molecular complexity index is 829. The van der Waals surface area contributed by atoms with Gasteiger partial charge >= 0.3 is 5.97 Å². The normalized spacial score (nSPS) is 25.1. The van der Waals surface area contributed by atoms with Crippen LogP contribution in [0.4, 0.5) is 4.39 Å². The average Bonchev–Trinajstić information content (AvgIpc) is 3.06. The summed E-state index contributed by atoms with van der Waals surface area (Å²) in [5.74, 6) is -1.12. The number of nitrogens with zero attached hydrogens (tertiary/aromatic N) is 2. The second-order valence-electron chi connectivity index (χ2n) is 6.97. The maximum atomic E-state index is 13.5.